The minimum Gasteiger partial charge on any atom is -0.219 e. The van der Waals surface area contributed by atoms with Gasteiger partial charge in [-0.2, -0.15) is 26.3 Å². The fraction of sp³-hybridized carbons (Fsp3) is 0.800. The maximum Gasteiger partial charge on any atom is 0.460 e. The molecule has 0 unspecified atom stereocenters. The summed E-state index contributed by atoms with van der Waals surface area (Å²) in [4.78, 5) is 0. The highest BCUT2D eigenvalue weighted by atomic mass is 19.4. The minimum absolute atomic E-state index is 0.0766. The van der Waals surface area contributed by atoms with Crippen molar-refractivity contribution >= 4 is 0 Å². The van der Waals surface area contributed by atoms with Gasteiger partial charge in [0.15, 0.2) is 5.69 Å². The number of hydrogen-bond donors (Lipinski definition) is 0. The molecule has 0 saturated heterocycles. The molecule has 0 aliphatic rings. The van der Waals surface area contributed by atoms with Crippen molar-refractivity contribution in [3.05, 3.63) is 11.6 Å². The Morgan fingerprint density at radius 3 is 2.21 bits per heavy atom. The van der Waals surface area contributed by atoms with E-state index in [1.54, 1.807) is 0 Å². The maximum atomic E-state index is 13.4. The van der Waals surface area contributed by atoms with Crippen LogP contribution in [-0.2, 0) is 12.5 Å². The van der Waals surface area contributed by atoms with Gasteiger partial charge >= 0.3 is 12.1 Å². The Hall–Kier alpha value is -1.28. The minimum atomic E-state index is -5.89. The molecule has 1 aromatic heterocycles. The number of aromatic nitrogens is 3. The van der Waals surface area contributed by atoms with Crippen molar-refractivity contribution in [2.75, 3.05) is 0 Å². The fourth-order valence-electron chi connectivity index (χ4n) is 1.46. The van der Waals surface area contributed by atoms with Crippen LogP contribution in [0, 0.1) is 5.95 Å². The molecule has 0 spiro atoms. The molecule has 0 aromatic carbocycles. The highest BCUT2D eigenvalue weighted by molar-refractivity contribution is 5.08. The van der Waals surface area contributed by atoms with Gasteiger partial charge in [-0.3, -0.25) is 0 Å². The van der Waals surface area contributed by atoms with Crippen LogP contribution < -0.4 is 0 Å². The summed E-state index contributed by atoms with van der Waals surface area (Å²) in [7, 11) is 0. The first kappa shape index (κ1) is 15.8. The van der Waals surface area contributed by atoms with Gasteiger partial charge in [0.1, 0.15) is 0 Å². The van der Waals surface area contributed by atoms with Crippen molar-refractivity contribution in [2.24, 2.45) is 0 Å². The van der Waals surface area contributed by atoms with Gasteiger partial charge in [0.2, 0.25) is 5.95 Å². The van der Waals surface area contributed by atoms with Crippen LogP contribution in [0.2, 0.25) is 0 Å². The monoisotopic (exact) mass is 289 g/mol. The number of rotatable bonds is 6. The average Bonchev–Trinajstić information content (AvgIpc) is 2.65. The maximum absolute atomic E-state index is 13.4. The van der Waals surface area contributed by atoms with Gasteiger partial charge in [0.05, 0.1) is 0 Å². The van der Waals surface area contributed by atoms with Crippen LogP contribution in [0.25, 0.3) is 0 Å². The molecule has 0 N–H and O–H groups in total. The molecule has 110 valence electrons. The van der Waals surface area contributed by atoms with Crippen molar-refractivity contribution in [1.82, 2.24) is 15.0 Å². The third-order valence-corrected chi connectivity index (χ3v) is 2.55. The smallest absolute Gasteiger partial charge is 0.219 e. The second-order valence-corrected chi connectivity index (χ2v) is 4.08. The van der Waals surface area contributed by atoms with Crippen molar-refractivity contribution in [3.63, 3.8) is 0 Å². The predicted octanol–water partition coefficient (Wildman–Crippen LogP) is 3.65. The number of nitrogens with zero attached hydrogens (tertiary/aromatic N) is 3. The standard InChI is InChI=1S/C10H13F6N3/c1-2-3-4-5-6-19-8(11)7(17-18-19)9(12,13)10(14,15)16/h2-6H2,1H3. The Kier molecular flexibility index (Phi) is 4.81. The SMILES string of the molecule is CCCCCCn1nnc(C(F)(F)C(F)(F)F)c1F. The average molecular weight is 289 g/mol. The van der Waals surface area contributed by atoms with Gasteiger partial charge in [-0.25, -0.2) is 4.68 Å². The topological polar surface area (TPSA) is 30.7 Å². The van der Waals surface area contributed by atoms with Crippen LogP contribution in [0.3, 0.4) is 0 Å². The predicted molar refractivity (Wildman–Crippen MR) is 54.1 cm³/mol. The Bertz CT molecular complexity index is 412. The second-order valence-electron chi connectivity index (χ2n) is 4.08. The van der Waals surface area contributed by atoms with Crippen molar-refractivity contribution < 1.29 is 26.3 Å². The van der Waals surface area contributed by atoms with Crippen LogP contribution in [-0.4, -0.2) is 21.2 Å². The molecule has 3 nitrogen and oxygen atoms in total. The van der Waals surface area contributed by atoms with E-state index in [1.165, 1.54) is 0 Å². The highest BCUT2D eigenvalue weighted by Gasteiger charge is 2.62. The van der Waals surface area contributed by atoms with Gasteiger partial charge in [0.25, 0.3) is 0 Å². The lowest BCUT2D eigenvalue weighted by Gasteiger charge is -2.16. The lowest BCUT2D eigenvalue weighted by molar-refractivity contribution is -0.292. The number of halogens is 6. The fourth-order valence-corrected chi connectivity index (χ4v) is 1.46. The molecule has 1 rings (SSSR count). The van der Waals surface area contributed by atoms with E-state index in [9.17, 15) is 26.3 Å². The first-order valence-electron chi connectivity index (χ1n) is 5.75. The van der Waals surface area contributed by atoms with E-state index >= 15 is 0 Å². The molecule has 1 heterocycles. The van der Waals surface area contributed by atoms with E-state index in [1.807, 2.05) is 6.92 Å². The van der Waals surface area contributed by atoms with Crippen LogP contribution in [0.4, 0.5) is 26.3 Å². The van der Waals surface area contributed by atoms with E-state index in [-0.39, 0.29) is 6.54 Å². The molecule has 9 heteroatoms. The summed E-state index contributed by atoms with van der Waals surface area (Å²) in [5.74, 6) is -7.07. The third kappa shape index (κ3) is 3.38. The van der Waals surface area contributed by atoms with Crippen LogP contribution >= 0.6 is 0 Å². The Balaban J connectivity index is 2.81. The zero-order valence-electron chi connectivity index (χ0n) is 10.1. The van der Waals surface area contributed by atoms with Gasteiger partial charge in [0, 0.05) is 6.54 Å². The third-order valence-electron chi connectivity index (χ3n) is 2.55. The van der Waals surface area contributed by atoms with Gasteiger partial charge in [-0.05, 0) is 6.42 Å². The summed E-state index contributed by atoms with van der Waals surface area (Å²) in [6.45, 7) is 1.87. The normalized spacial score (nSPS) is 13.0. The first-order valence-corrected chi connectivity index (χ1v) is 5.75. The van der Waals surface area contributed by atoms with E-state index in [4.69, 9.17) is 0 Å². The zero-order valence-corrected chi connectivity index (χ0v) is 10.1. The van der Waals surface area contributed by atoms with E-state index in [2.05, 4.69) is 10.3 Å². The molecule has 0 amide bonds. The Labute approximate surface area is 105 Å². The number of unbranched alkanes of at least 4 members (excludes halogenated alkanes) is 3. The number of alkyl halides is 5. The Morgan fingerprint density at radius 1 is 1.05 bits per heavy atom. The molecule has 0 aliphatic heterocycles. The molecule has 0 saturated carbocycles. The van der Waals surface area contributed by atoms with Crippen molar-refractivity contribution in [1.29, 1.82) is 0 Å². The molecule has 0 atom stereocenters. The summed E-state index contributed by atoms with van der Waals surface area (Å²) in [5.41, 5.74) is -1.98. The summed E-state index contributed by atoms with van der Waals surface area (Å²) in [6, 6.07) is 0. The van der Waals surface area contributed by atoms with E-state index in [0.29, 0.717) is 17.5 Å². The highest BCUT2D eigenvalue weighted by Crippen LogP contribution is 2.43. The molecule has 1 aromatic rings. The number of hydrogen-bond acceptors (Lipinski definition) is 2. The second kappa shape index (κ2) is 5.79. The van der Waals surface area contributed by atoms with E-state index < -0.39 is 23.7 Å². The summed E-state index contributed by atoms with van der Waals surface area (Å²) >= 11 is 0. The summed E-state index contributed by atoms with van der Waals surface area (Å²) in [5, 5.41) is 5.63. The molecule has 0 aliphatic carbocycles. The quantitative estimate of drug-likeness (QED) is 0.591. The van der Waals surface area contributed by atoms with Crippen LogP contribution in [0.1, 0.15) is 38.3 Å². The largest absolute Gasteiger partial charge is 0.460 e. The molecular weight excluding hydrogens is 276 g/mol. The van der Waals surface area contributed by atoms with Gasteiger partial charge < -0.3 is 0 Å². The molecule has 0 bridgehead atoms. The molecule has 19 heavy (non-hydrogen) atoms. The van der Waals surface area contributed by atoms with Gasteiger partial charge in [-0.1, -0.05) is 31.4 Å². The van der Waals surface area contributed by atoms with E-state index in [0.717, 1.165) is 12.8 Å². The van der Waals surface area contributed by atoms with Gasteiger partial charge in [-0.15, -0.1) is 5.10 Å². The molecule has 0 radical (unpaired) electrons. The summed E-state index contributed by atoms with van der Waals surface area (Å²) < 4.78 is 75.9. The number of aryl methyl sites for hydroxylation is 1. The van der Waals surface area contributed by atoms with Crippen LogP contribution in [0.5, 0.6) is 0 Å². The van der Waals surface area contributed by atoms with Crippen molar-refractivity contribution in [2.45, 2.75) is 51.3 Å². The molecule has 0 fully saturated rings. The first-order chi connectivity index (χ1) is 8.71. The van der Waals surface area contributed by atoms with Crippen LogP contribution in [0.15, 0.2) is 0 Å². The lowest BCUT2D eigenvalue weighted by Crippen LogP contribution is -2.35. The Morgan fingerprint density at radius 2 is 1.68 bits per heavy atom. The lowest BCUT2D eigenvalue weighted by atomic mass is 10.2. The van der Waals surface area contributed by atoms with Crippen molar-refractivity contribution in [3.8, 4) is 0 Å². The molecular formula is C10H13F6N3. The summed E-state index contributed by atoms with van der Waals surface area (Å²) in [6.07, 6.45) is -2.97. The zero-order chi connectivity index (χ0) is 14.7.